The molecule has 6 nitrogen and oxygen atoms in total. The van der Waals surface area contributed by atoms with Crippen LogP contribution in [0.25, 0.3) is 0 Å². The first-order valence-electron chi connectivity index (χ1n) is 7.36. The van der Waals surface area contributed by atoms with E-state index in [-0.39, 0.29) is 18.9 Å². The highest BCUT2D eigenvalue weighted by Crippen LogP contribution is 2.24. The normalized spacial score (nSPS) is 21.7. The Balaban J connectivity index is 1.96. The van der Waals surface area contributed by atoms with Crippen molar-refractivity contribution >= 4 is 23.6 Å². The predicted molar refractivity (Wildman–Crippen MR) is 86.9 cm³/mol. The third kappa shape index (κ3) is 4.87. The lowest BCUT2D eigenvalue weighted by Crippen LogP contribution is -2.53. The van der Waals surface area contributed by atoms with Crippen molar-refractivity contribution in [2.75, 3.05) is 19.5 Å². The molecule has 1 saturated heterocycles. The van der Waals surface area contributed by atoms with Crippen LogP contribution in [-0.2, 0) is 14.3 Å². The molecule has 0 aromatic heterocycles. The zero-order chi connectivity index (χ0) is 16.9. The maximum atomic E-state index is 12.3. The minimum absolute atomic E-state index is 0.159. The Morgan fingerprint density at radius 2 is 2.13 bits per heavy atom. The number of hydrogen-bond acceptors (Lipinski definition) is 5. The number of rotatable bonds is 7. The van der Waals surface area contributed by atoms with Gasteiger partial charge in [0.1, 0.15) is 5.75 Å². The Labute approximate surface area is 139 Å². The average Bonchev–Trinajstić information content (AvgIpc) is 2.95. The maximum Gasteiger partial charge on any atom is 0.305 e. The zero-order valence-electron chi connectivity index (χ0n) is 13.2. The molecule has 1 fully saturated rings. The summed E-state index contributed by atoms with van der Waals surface area (Å²) in [6, 6.07) is 7.45. The second-order valence-electron chi connectivity index (χ2n) is 5.58. The fraction of sp³-hybridized carbons (Fsp3) is 0.500. The Hall–Kier alpha value is -1.73. The van der Waals surface area contributed by atoms with E-state index in [1.54, 1.807) is 30.8 Å². The first kappa shape index (κ1) is 17.6. The van der Waals surface area contributed by atoms with Gasteiger partial charge in [0.15, 0.2) is 6.10 Å². The van der Waals surface area contributed by atoms with Crippen LogP contribution < -0.4 is 10.1 Å². The number of thioether (sulfide) groups is 1. The van der Waals surface area contributed by atoms with Gasteiger partial charge in [0.05, 0.1) is 18.6 Å². The lowest BCUT2D eigenvalue weighted by atomic mass is 9.94. The number of carbonyl (C=O) groups excluding carboxylic acids is 1. The van der Waals surface area contributed by atoms with Crippen molar-refractivity contribution in [3.05, 3.63) is 24.3 Å². The van der Waals surface area contributed by atoms with E-state index < -0.39 is 17.6 Å². The Bertz CT molecular complexity index is 554. The van der Waals surface area contributed by atoms with Crippen LogP contribution in [0.3, 0.4) is 0 Å². The van der Waals surface area contributed by atoms with Crippen molar-refractivity contribution in [2.45, 2.75) is 36.3 Å². The van der Waals surface area contributed by atoms with Gasteiger partial charge in [-0.2, -0.15) is 0 Å². The van der Waals surface area contributed by atoms with Crippen molar-refractivity contribution in [3.8, 4) is 5.75 Å². The third-order valence-electron chi connectivity index (χ3n) is 3.72. The predicted octanol–water partition coefficient (Wildman–Crippen LogP) is 1.93. The molecule has 7 heteroatoms. The largest absolute Gasteiger partial charge is 0.481 e. The number of carboxylic acids is 1. The summed E-state index contributed by atoms with van der Waals surface area (Å²) in [4.78, 5) is 24.5. The van der Waals surface area contributed by atoms with Crippen LogP contribution in [0.15, 0.2) is 29.2 Å². The van der Waals surface area contributed by atoms with Gasteiger partial charge in [-0.3, -0.25) is 9.59 Å². The Morgan fingerprint density at radius 1 is 1.43 bits per heavy atom. The summed E-state index contributed by atoms with van der Waals surface area (Å²) in [6.45, 7) is 2.29. The number of nitrogens with one attached hydrogen (secondary N) is 1. The number of carboxylic acid groups (broad SMARTS) is 1. The van der Waals surface area contributed by atoms with Gasteiger partial charge in [0.25, 0.3) is 5.91 Å². The Kier molecular flexibility index (Phi) is 5.90. The van der Waals surface area contributed by atoms with Gasteiger partial charge in [-0.15, -0.1) is 11.8 Å². The molecule has 0 bridgehead atoms. The lowest BCUT2D eigenvalue weighted by molar-refractivity contribution is -0.139. The van der Waals surface area contributed by atoms with Crippen LogP contribution >= 0.6 is 11.8 Å². The van der Waals surface area contributed by atoms with Crippen LogP contribution in [0.1, 0.15) is 19.8 Å². The van der Waals surface area contributed by atoms with Gasteiger partial charge >= 0.3 is 5.97 Å². The van der Waals surface area contributed by atoms with E-state index >= 15 is 0 Å². The average molecular weight is 339 g/mol. The highest BCUT2D eigenvalue weighted by Gasteiger charge is 2.39. The van der Waals surface area contributed by atoms with Gasteiger partial charge < -0.3 is 19.9 Å². The second kappa shape index (κ2) is 7.70. The molecule has 0 saturated carbocycles. The fourth-order valence-electron chi connectivity index (χ4n) is 2.45. The third-order valence-corrected chi connectivity index (χ3v) is 4.47. The van der Waals surface area contributed by atoms with Crippen LogP contribution in [0.5, 0.6) is 5.75 Å². The summed E-state index contributed by atoms with van der Waals surface area (Å²) in [5.41, 5.74) is -0.844. The smallest absolute Gasteiger partial charge is 0.305 e. The molecule has 1 heterocycles. The summed E-state index contributed by atoms with van der Waals surface area (Å²) < 4.78 is 10.9. The minimum atomic E-state index is -0.961. The second-order valence-corrected chi connectivity index (χ2v) is 6.46. The molecule has 0 radical (unpaired) electrons. The minimum Gasteiger partial charge on any atom is -0.481 e. The number of aliphatic carboxylic acids is 1. The van der Waals surface area contributed by atoms with E-state index in [1.807, 2.05) is 18.4 Å². The van der Waals surface area contributed by atoms with Gasteiger partial charge in [-0.1, -0.05) is 0 Å². The zero-order valence-corrected chi connectivity index (χ0v) is 14.0. The number of carbonyl (C=O) groups is 2. The fourth-order valence-corrected chi connectivity index (χ4v) is 2.86. The summed E-state index contributed by atoms with van der Waals surface area (Å²) in [5.74, 6) is -0.705. The molecule has 1 aliphatic rings. The molecule has 1 amide bonds. The van der Waals surface area contributed by atoms with E-state index in [0.29, 0.717) is 18.8 Å². The monoisotopic (exact) mass is 339 g/mol. The van der Waals surface area contributed by atoms with Crippen LogP contribution in [0, 0.1) is 0 Å². The van der Waals surface area contributed by atoms with Crippen LogP contribution in [-0.4, -0.2) is 48.1 Å². The van der Waals surface area contributed by atoms with Crippen molar-refractivity contribution in [1.82, 2.24) is 5.32 Å². The maximum absolute atomic E-state index is 12.3. The number of ether oxygens (including phenoxy) is 2. The quantitative estimate of drug-likeness (QED) is 0.739. The van der Waals surface area contributed by atoms with E-state index in [2.05, 4.69) is 5.32 Å². The van der Waals surface area contributed by atoms with Gasteiger partial charge in [0.2, 0.25) is 0 Å². The number of amides is 1. The van der Waals surface area contributed by atoms with Gasteiger partial charge in [-0.25, -0.2) is 0 Å². The molecular formula is C16H21NO5S. The summed E-state index contributed by atoms with van der Waals surface area (Å²) in [6.07, 6.45) is 1.59. The molecule has 2 unspecified atom stereocenters. The van der Waals surface area contributed by atoms with Gasteiger partial charge in [0, 0.05) is 11.5 Å². The van der Waals surface area contributed by atoms with Crippen molar-refractivity contribution in [1.29, 1.82) is 0 Å². The highest BCUT2D eigenvalue weighted by atomic mass is 32.2. The molecule has 1 aliphatic heterocycles. The van der Waals surface area contributed by atoms with E-state index in [1.165, 1.54) is 0 Å². The van der Waals surface area contributed by atoms with Crippen molar-refractivity contribution in [2.24, 2.45) is 0 Å². The molecular weight excluding hydrogens is 318 g/mol. The lowest BCUT2D eigenvalue weighted by Gasteiger charge is -2.28. The van der Waals surface area contributed by atoms with Crippen LogP contribution in [0.4, 0.5) is 0 Å². The first-order chi connectivity index (χ1) is 10.9. The van der Waals surface area contributed by atoms with E-state index in [0.717, 1.165) is 4.90 Å². The van der Waals surface area contributed by atoms with Crippen molar-refractivity contribution in [3.63, 3.8) is 0 Å². The molecule has 23 heavy (non-hydrogen) atoms. The first-order valence-corrected chi connectivity index (χ1v) is 8.59. The van der Waals surface area contributed by atoms with Crippen LogP contribution in [0.2, 0.25) is 0 Å². The molecule has 1 aromatic carbocycles. The van der Waals surface area contributed by atoms with E-state index in [9.17, 15) is 9.59 Å². The Morgan fingerprint density at radius 3 is 2.65 bits per heavy atom. The molecule has 1 aromatic rings. The topological polar surface area (TPSA) is 84.9 Å². The molecule has 2 atom stereocenters. The summed E-state index contributed by atoms with van der Waals surface area (Å²) >= 11 is 1.62. The number of benzene rings is 1. The molecule has 0 spiro atoms. The molecule has 2 rings (SSSR count). The molecule has 2 N–H and O–H groups in total. The SMILES string of the molecule is CSc1ccc(OC(C)C(=O)NC2(CC(=O)O)CCOC2)cc1. The van der Waals surface area contributed by atoms with E-state index in [4.69, 9.17) is 14.6 Å². The summed E-state index contributed by atoms with van der Waals surface area (Å²) in [7, 11) is 0. The van der Waals surface area contributed by atoms with Crippen molar-refractivity contribution < 1.29 is 24.2 Å². The highest BCUT2D eigenvalue weighted by molar-refractivity contribution is 7.98. The standard InChI is InChI=1S/C16H21NO5S/c1-11(22-12-3-5-13(23-2)6-4-12)15(20)17-16(9-14(18)19)7-8-21-10-16/h3-6,11H,7-10H2,1-2H3,(H,17,20)(H,18,19). The molecule has 126 valence electrons. The van der Waals surface area contributed by atoms with Gasteiger partial charge in [-0.05, 0) is 43.9 Å². The summed E-state index contributed by atoms with van der Waals surface area (Å²) in [5, 5.41) is 11.8. The number of hydrogen-bond donors (Lipinski definition) is 2. The molecule has 0 aliphatic carbocycles.